The first-order chi connectivity index (χ1) is 15.2. The zero-order valence-corrected chi connectivity index (χ0v) is 18.1. The number of hydrogen-bond acceptors (Lipinski definition) is 5. The molecule has 0 aliphatic heterocycles. The molecule has 0 radical (unpaired) electrons. The van der Waals surface area contributed by atoms with Crippen molar-refractivity contribution < 1.29 is 4.52 Å². The molecule has 3 heterocycles. The lowest BCUT2D eigenvalue weighted by Crippen LogP contribution is -2.09. The minimum atomic E-state index is 0.578. The van der Waals surface area contributed by atoms with Gasteiger partial charge >= 0.3 is 0 Å². The van der Waals surface area contributed by atoms with E-state index in [9.17, 15) is 0 Å². The third-order valence-corrected chi connectivity index (χ3v) is 6.20. The van der Waals surface area contributed by atoms with Crippen molar-refractivity contribution in [2.45, 2.75) is 64.8 Å². The van der Waals surface area contributed by atoms with Crippen LogP contribution in [0.4, 0.5) is 5.82 Å². The summed E-state index contributed by atoms with van der Waals surface area (Å²) in [4.78, 5) is 4.69. The predicted molar refractivity (Wildman–Crippen MR) is 123 cm³/mol. The van der Waals surface area contributed by atoms with E-state index in [1.807, 2.05) is 18.2 Å². The fraction of sp³-hybridized carbons (Fsp3) is 0.400. The second kappa shape index (κ2) is 8.53. The molecule has 6 heteroatoms. The number of anilines is 1. The number of rotatable bonds is 7. The van der Waals surface area contributed by atoms with Gasteiger partial charge in [0.05, 0.1) is 0 Å². The Morgan fingerprint density at radius 2 is 1.94 bits per heavy atom. The lowest BCUT2D eigenvalue weighted by atomic mass is 9.91. The summed E-state index contributed by atoms with van der Waals surface area (Å²) in [7, 11) is 0. The highest BCUT2D eigenvalue weighted by Gasteiger charge is 2.22. The molecule has 31 heavy (non-hydrogen) atoms. The molecule has 0 unspecified atom stereocenters. The second-order valence-corrected chi connectivity index (χ2v) is 8.42. The maximum atomic E-state index is 6.33. The van der Waals surface area contributed by atoms with Gasteiger partial charge in [-0.3, -0.25) is 4.68 Å². The van der Waals surface area contributed by atoms with Crippen LogP contribution in [0.1, 0.15) is 55.3 Å². The van der Waals surface area contributed by atoms with Crippen molar-refractivity contribution in [3.8, 4) is 11.3 Å². The van der Waals surface area contributed by atoms with Crippen LogP contribution in [0, 0.1) is 0 Å². The molecular weight excluding hydrogens is 386 g/mol. The molecule has 1 aliphatic rings. The van der Waals surface area contributed by atoms with Gasteiger partial charge in [-0.05, 0) is 50.5 Å². The van der Waals surface area contributed by atoms with E-state index in [2.05, 4.69) is 35.0 Å². The molecule has 0 atom stereocenters. The molecule has 0 amide bonds. The smallest absolute Gasteiger partial charge is 0.152 e. The summed E-state index contributed by atoms with van der Waals surface area (Å²) < 4.78 is 7.77. The van der Waals surface area contributed by atoms with Crippen LogP contribution in [0.3, 0.4) is 0 Å². The molecule has 3 aromatic heterocycles. The highest BCUT2D eigenvalue weighted by atomic mass is 16.5. The monoisotopic (exact) mass is 415 g/mol. The van der Waals surface area contributed by atoms with Crippen molar-refractivity contribution in [2.24, 2.45) is 0 Å². The summed E-state index contributed by atoms with van der Waals surface area (Å²) in [6.07, 6.45) is 8.31. The molecule has 5 rings (SSSR count). The first-order valence-electron chi connectivity index (χ1n) is 11.4. The van der Waals surface area contributed by atoms with Gasteiger partial charge in [0.25, 0.3) is 0 Å². The fourth-order valence-electron chi connectivity index (χ4n) is 4.73. The largest absolute Gasteiger partial charge is 0.382 e. The van der Waals surface area contributed by atoms with Gasteiger partial charge in [0.1, 0.15) is 17.0 Å². The Balaban J connectivity index is 1.40. The van der Waals surface area contributed by atoms with Gasteiger partial charge in [-0.25, -0.2) is 4.98 Å². The average molecular weight is 416 g/mol. The number of benzene rings is 1. The van der Waals surface area contributed by atoms with Crippen LogP contribution in [0.15, 0.2) is 40.9 Å². The molecule has 2 N–H and O–H groups in total. The van der Waals surface area contributed by atoms with E-state index < -0.39 is 0 Å². The van der Waals surface area contributed by atoms with E-state index in [0.717, 1.165) is 67.6 Å². The van der Waals surface area contributed by atoms with E-state index in [1.54, 1.807) is 0 Å². The van der Waals surface area contributed by atoms with Gasteiger partial charge in [-0.15, -0.1) is 0 Å². The summed E-state index contributed by atoms with van der Waals surface area (Å²) in [6.45, 7) is 3.09. The summed E-state index contributed by atoms with van der Waals surface area (Å²) in [5, 5.41) is 10.4. The number of nitrogens with two attached hydrogens (primary N) is 1. The molecule has 0 fully saturated rings. The lowest BCUT2D eigenvalue weighted by molar-refractivity contribution is 0.382. The van der Waals surface area contributed by atoms with Gasteiger partial charge in [0.2, 0.25) is 0 Å². The number of aromatic nitrogens is 4. The minimum Gasteiger partial charge on any atom is -0.382 e. The quantitative estimate of drug-likeness (QED) is 0.452. The number of nitrogen functional groups attached to an aromatic ring is 1. The summed E-state index contributed by atoms with van der Waals surface area (Å²) in [5.41, 5.74) is 13.0. The van der Waals surface area contributed by atoms with Crippen LogP contribution < -0.4 is 5.73 Å². The Morgan fingerprint density at radius 1 is 1.10 bits per heavy atom. The van der Waals surface area contributed by atoms with Crippen LogP contribution in [-0.2, 0) is 32.2 Å². The second-order valence-electron chi connectivity index (χ2n) is 8.42. The van der Waals surface area contributed by atoms with Crippen molar-refractivity contribution in [1.29, 1.82) is 0 Å². The van der Waals surface area contributed by atoms with Crippen molar-refractivity contribution in [3.63, 3.8) is 0 Å². The highest BCUT2D eigenvalue weighted by Crippen LogP contribution is 2.33. The predicted octanol–water partition coefficient (Wildman–Crippen LogP) is 5.13. The molecule has 0 saturated carbocycles. The van der Waals surface area contributed by atoms with Crippen LogP contribution in [0.5, 0.6) is 0 Å². The topological polar surface area (TPSA) is 82.8 Å². The van der Waals surface area contributed by atoms with Crippen LogP contribution >= 0.6 is 0 Å². The molecule has 1 aliphatic carbocycles. The van der Waals surface area contributed by atoms with E-state index in [1.165, 1.54) is 35.2 Å². The fourth-order valence-corrected chi connectivity index (χ4v) is 4.73. The van der Waals surface area contributed by atoms with Crippen molar-refractivity contribution in [3.05, 3.63) is 59.1 Å². The standard InChI is InChI=1S/C25H29N5O/c1-2-15-30-22(23-19-12-6-7-13-20(19)27-25(26)24(23)28-30)14-8-11-18-16-21(29-31-18)17-9-4-3-5-10-17/h3-5,9-10,16H,2,6-8,11-15H2,1H3,(H2,26,27). The zero-order chi connectivity index (χ0) is 21.2. The van der Waals surface area contributed by atoms with Gasteiger partial charge < -0.3 is 10.3 Å². The summed E-state index contributed by atoms with van der Waals surface area (Å²) >= 11 is 0. The first-order valence-corrected chi connectivity index (χ1v) is 11.4. The van der Waals surface area contributed by atoms with Crippen molar-refractivity contribution >= 4 is 16.7 Å². The van der Waals surface area contributed by atoms with Crippen LogP contribution in [0.25, 0.3) is 22.2 Å². The van der Waals surface area contributed by atoms with Gasteiger partial charge in [0, 0.05) is 41.4 Å². The van der Waals surface area contributed by atoms with Gasteiger partial charge in [-0.2, -0.15) is 5.10 Å². The van der Waals surface area contributed by atoms with Gasteiger partial charge in [0.15, 0.2) is 5.82 Å². The SMILES string of the molecule is CCCn1nc2c(N)nc3c(c2c1CCCc1cc(-c2ccccc2)no1)CCCC3. The number of aryl methyl sites for hydroxylation is 5. The Morgan fingerprint density at radius 3 is 2.77 bits per heavy atom. The molecule has 0 bridgehead atoms. The number of nitrogens with zero attached hydrogens (tertiary/aromatic N) is 4. The number of hydrogen-bond donors (Lipinski definition) is 1. The summed E-state index contributed by atoms with van der Waals surface area (Å²) in [5.74, 6) is 1.50. The Hall–Kier alpha value is -3.15. The normalized spacial score (nSPS) is 13.6. The third-order valence-electron chi connectivity index (χ3n) is 6.20. The van der Waals surface area contributed by atoms with Gasteiger partial charge in [-0.1, -0.05) is 42.4 Å². The van der Waals surface area contributed by atoms with Crippen molar-refractivity contribution in [2.75, 3.05) is 5.73 Å². The average Bonchev–Trinajstić information content (AvgIpc) is 3.41. The van der Waals surface area contributed by atoms with E-state index in [4.69, 9.17) is 20.3 Å². The van der Waals surface area contributed by atoms with E-state index in [0.29, 0.717) is 5.82 Å². The Bertz CT molecular complexity index is 1190. The maximum Gasteiger partial charge on any atom is 0.152 e. The van der Waals surface area contributed by atoms with E-state index >= 15 is 0 Å². The molecule has 160 valence electrons. The molecule has 1 aromatic carbocycles. The number of fused-ring (bicyclic) bond motifs is 3. The van der Waals surface area contributed by atoms with Crippen LogP contribution in [-0.4, -0.2) is 19.9 Å². The molecule has 6 nitrogen and oxygen atoms in total. The number of pyridine rings is 1. The summed E-state index contributed by atoms with van der Waals surface area (Å²) in [6, 6.07) is 12.2. The third kappa shape index (κ3) is 3.82. The molecule has 0 spiro atoms. The Labute approximate surface area is 182 Å². The molecule has 4 aromatic rings. The van der Waals surface area contributed by atoms with Crippen LogP contribution in [0.2, 0.25) is 0 Å². The highest BCUT2D eigenvalue weighted by molar-refractivity contribution is 5.93. The maximum absolute atomic E-state index is 6.33. The Kier molecular flexibility index (Phi) is 5.45. The van der Waals surface area contributed by atoms with Crippen molar-refractivity contribution in [1.82, 2.24) is 19.9 Å². The first kappa shape index (κ1) is 19.8. The molecular formula is C25H29N5O. The lowest BCUT2D eigenvalue weighted by Gasteiger charge is -2.17. The molecule has 0 saturated heterocycles. The minimum absolute atomic E-state index is 0.578. The van der Waals surface area contributed by atoms with E-state index in [-0.39, 0.29) is 0 Å². The zero-order valence-electron chi connectivity index (χ0n) is 18.1.